The highest BCUT2D eigenvalue weighted by Gasteiger charge is 2.58. The lowest BCUT2D eigenvalue weighted by Gasteiger charge is -2.52. The Bertz CT molecular complexity index is 654. The first-order valence-electron chi connectivity index (χ1n) is 17.3. The van der Waals surface area contributed by atoms with E-state index in [9.17, 15) is 0 Å². The Hall–Kier alpha value is 0.748. The van der Waals surface area contributed by atoms with Crippen LogP contribution in [0.1, 0.15) is 130 Å². The van der Waals surface area contributed by atoms with E-state index < -0.39 is 33.8 Å². The Labute approximate surface area is 250 Å². The zero-order chi connectivity index (χ0) is 29.2. The van der Waals surface area contributed by atoms with Crippen LogP contribution in [0.3, 0.4) is 0 Å². The summed E-state index contributed by atoms with van der Waals surface area (Å²) in [6, 6.07) is 2.54. The second-order valence-corrected chi connectivity index (χ2v) is 31.8. The fourth-order valence-electron chi connectivity index (χ4n) is 7.46. The molecule has 0 heterocycles. The summed E-state index contributed by atoms with van der Waals surface area (Å²) in [7, 11) is -8.51. The summed E-state index contributed by atoms with van der Waals surface area (Å²) in [6.07, 6.45) is 21.5. The summed E-state index contributed by atoms with van der Waals surface area (Å²) in [5.41, 5.74) is 1.34. The molecule has 0 aromatic heterocycles. The monoisotopic (exact) mass is 614 g/mol. The Morgan fingerprint density at radius 2 is 0.949 bits per heavy atom. The molecule has 0 radical (unpaired) electrons. The third-order valence-electron chi connectivity index (χ3n) is 10.1. The summed E-state index contributed by atoms with van der Waals surface area (Å²) in [5.74, 6) is 1.66. The van der Waals surface area contributed by atoms with Crippen molar-refractivity contribution in [3.8, 4) is 0 Å². The van der Waals surface area contributed by atoms with Gasteiger partial charge in [-0.1, -0.05) is 105 Å². The van der Waals surface area contributed by atoms with E-state index in [1.165, 1.54) is 115 Å². The minimum atomic E-state index is -2.48. The fourth-order valence-corrected chi connectivity index (χ4v) is 29.1. The maximum absolute atomic E-state index is 7.82. The first-order chi connectivity index (χ1) is 18.2. The molecule has 2 aliphatic carbocycles. The van der Waals surface area contributed by atoms with Crippen molar-refractivity contribution in [1.29, 1.82) is 0 Å². The molecule has 0 bridgehead atoms. The van der Waals surface area contributed by atoms with Gasteiger partial charge in [0.25, 0.3) is 0 Å². The standard InChI is InChI=1S/C32H70O3Si4/c1-11-29(3)21-19-27-36(5,6)33-38(9,10)35-39(31-23-15-13-16-24-31,32-25-17-14-18-26-32)34-37(7,8)28-20-22-30(4)12-2/h29-32H,11-28H2,1-10H3. The molecule has 2 atom stereocenters. The first kappa shape index (κ1) is 35.9. The largest absolute Gasteiger partial charge is 0.436 e. The van der Waals surface area contributed by atoms with E-state index in [4.69, 9.17) is 12.3 Å². The summed E-state index contributed by atoms with van der Waals surface area (Å²) in [6.45, 7) is 24.2. The van der Waals surface area contributed by atoms with E-state index >= 15 is 0 Å². The van der Waals surface area contributed by atoms with Crippen LogP contribution in [0.4, 0.5) is 0 Å². The van der Waals surface area contributed by atoms with Gasteiger partial charge in [0.2, 0.25) is 0 Å². The normalized spacial score (nSPS) is 20.8. The van der Waals surface area contributed by atoms with E-state index in [-0.39, 0.29) is 0 Å². The molecule has 0 aromatic carbocycles. The molecule has 2 fully saturated rings. The van der Waals surface area contributed by atoms with Gasteiger partial charge in [0, 0.05) is 11.1 Å². The molecule has 0 N–H and O–H groups in total. The Kier molecular flexibility index (Phi) is 15.3. The molecule has 0 aromatic rings. The van der Waals surface area contributed by atoms with Crippen molar-refractivity contribution in [2.24, 2.45) is 11.8 Å². The molecule has 2 rings (SSSR count). The Morgan fingerprint density at radius 3 is 1.33 bits per heavy atom. The van der Waals surface area contributed by atoms with E-state index in [0.29, 0.717) is 11.1 Å². The SMILES string of the molecule is CCC(C)CCC[Si](C)(C)O[Si](C)(C)O[Si](O[Si](C)(C)CCCC(C)CC)(C1CCCCC1)C1CCCCC1. The molecule has 0 amide bonds. The van der Waals surface area contributed by atoms with E-state index in [1.54, 1.807) is 0 Å². The second kappa shape index (κ2) is 16.6. The Morgan fingerprint density at radius 1 is 0.564 bits per heavy atom. The minimum absolute atomic E-state index is 0.668. The minimum Gasteiger partial charge on any atom is -0.436 e. The molecule has 0 saturated heterocycles. The maximum Gasteiger partial charge on any atom is 0.325 e. The maximum atomic E-state index is 7.82. The van der Waals surface area contributed by atoms with Gasteiger partial charge in [-0.3, -0.25) is 0 Å². The molecule has 7 heteroatoms. The smallest absolute Gasteiger partial charge is 0.325 e. The topological polar surface area (TPSA) is 27.7 Å². The van der Waals surface area contributed by atoms with Gasteiger partial charge in [-0.05, 0) is 88.9 Å². The third-order valence-corrected chi connectivity index (χ3v) is 27.5. The van der Waals surface area contributed by atoms with Gasteiger partial charge in [0.1, 0.15) is 0 Å². The molecule has 2 unspecified atom stereocenters. The van der Waals surface area contributed by atoms with Gasteiger partial charge in [0.05, 0.1) is 0 Å². The first-order valence-corrected chi connectivity index (χ1v) is 28.4. The van der Waals surface area contributed by atoms with Crippen LogP contribution in [-0.4, -0.2) is 33.8 Å². The van der Waals surface area contributed by atoms with Crippen molar-refractivity contribution >= 4 is 33.8 Å². The van der Waals surface area contributed by atoms with Crippen molar-refractivity contribution in [2.75, 3.05) is 0 Å². The van der Waals surface area contributed by atoms with Gasteiger partial charge >= 0.3 is 17.1 Å². The van der Waals surface area contributed by atoms with Crippen LogP contribution < -0.4 is 0 Å². The molecule has 2 aliphatic rings. The van der Waals surface area contributed by atoms with Crippen molar-refractivity contribution in [3.05, 3.63) is 0 Å². The van der Waals surface area contributed by atoms with Crippen LogP contribution in [-0.2, 0) is 12.3 Å². The molecule has 232 valence electrons. The van der Waals surface area contributed by atoms with Gasteiger partial charge in [-0.15, -0.1) is 0 Å². The fraction of sp³-hybridized carbons (Fsp3) is 1.00. The quantitative estimate of drug-likeness (QED) is 0.144. The predicted molar refractivity (Wildman–Crippen MR) is 182 cm³/mol. The van der Waals surface area contributed by atoms with Crippen LogP contribution in [0, 0.1) is 11.8 Å². The molecule has 39 heavy (non-hydrogen) atoms. The molecule has 0 aliphatic heterocycles. The average molecular weight is 615 g/mol. The lowest BCUT2D eigenvalue weighted by molar-refractivity contribution is 0.256. The van der Waals surface area contributed by atoms with Gasteiger partial charge in [0.15, 0.2) is 16.6 Å². The zero-order valence-corrected chi connectivity index (χ0v) is 32.3. The van der Waals surface area contributed by atoms with E-state index in [2.05, 4.69) is 67.0 Å². The van der Waals surface area contributed by atoms with Crippen LogP contribution in [0.15, 0.2) is 0 Å². The lowest BCUT2D eigenvalue weighted by Crippen LogP contribution is -2.63. The summed E-state index contributed by atoms with van der Waals surface area (Å²) in [5, 5.41) is 0. The zero-order valence-electron chi connectivity index (χ0n) is 28.3. The lowest BCUT2D eigenvalue weighted by atomic mass is 9.99. The van der Waals surface area contributed by atoms with Crippen molar-refractivity contribution in [2.45, 2.75) is 193 Å². The van der Waals surface area contributed by atoms with Gasteiger partial charge < -0.3 is 12.3 Å². The Balaban J connectivity index is 2.32. The number of hydrogen-bond acceptors (Lipinski definition) is 3. The van der Waals surface area contributed by atoms with Crippen LogP contribution >= 0.6 is 0 Å². The molecule has 0 spiro atoms. The van der Waals surface area contributed by atoms with E-state index in [1.807, 2.05) is 0 Å². The second-order valence-electron chi connectivity index (χ2n) is 15.4. The summed E-state index contributed by atoms with van der Waals surface area (Å²) in [4.78, 5) is 0. The van der Waals surface area contributed by atoms with Gasteiger partial charge in [-0.2, -0.15) is 0 Å². The summed E-state index contributed by atoms with van der Waals surface area (Å²) < 4.78 is 22.8. The average Bonchev–Trinajstić information content (AvgIpc) is 2.87. The van der Waals surface area contributed by atoms with Gasteiger partial charge in [-0.25, -0.2) is 0 Å². The molecule has 2 saturated carbocycles. The third kappa shape index (κ3) is 12.5. The van der Waals surface area contributed by atoms with E-state index in [0.717, 1.165) is 11.8 Å². The molecule has 3 nitrogen and oxygen atoms in total. The number of hydrogen-bond donors (Lipinski definition) is 0. The van der Waals surface area contributed by atoms with Crippen LogP contribution in [0.25, 0.3) is 0 Å². The van der Waals surface area contributed by atoms with Crippen molar-refractivity contribution < 1.29 is 12.3 Å². The molecular weight excluding hydrogens is 545 g/mol. The summed E-state index contributed by atoms with van der Waals surface area (Å²) >= 11 is 0. The highest BCUT2D eigenvalue weighted by molar-refractivity contribution is 6.91. The van der Waals surface area contributed by atoms with Crippen molar-refractivity contribution in [3.63, 3.8) is 0 Å². The highest BCUT2D eigenvalue weighted by atomic mass is 28.5. The van der Waals surface area contributed by atoms with Crippen LogP contribution in [0.5, 0.6) is 0 Å². The highest BCUT2D eigenvalue weighted by Crippen LogP contribution is 2.52. The molecular formula is C32H70O3Si4. The predicted octanol–water partition coefficient (Wildman–Crippen LogP) is 11.9. The number of rotatable bonds is 18. The van der Waals surface area contributed by atoms with Crippen LogP contribution in [0.2, 0.25) is 62.5 Å². The van der Waals surface area contributed by atoms with Crippen molar-refractivity contribution in [1.82, 2.24) is 0 Å².